The lowest BCUT2D eigenvalue weighted by molar-refractivity contribution is 0.0497. The van der Waals surface area contributed by atoms with Gasteiger partial charge in [-0.1, -0.05) is 6.07 Å². The van der Waals surface area contributed by atoms with Gasteiger partial charge in [0, 0.05) is 24.8 Å². The standard InChI is InChI=1S/C27H24N4O6S/c28-14-19-13-21(4-5-23(19)36-16-17-7-10-35-11-8-17)38(33,34)24-3-1-2-22(26(29)32)25(24)37-20-12-18-6-9-30-27(18)31-15-20/h1-6,9,12-13,15,17H,7-8,10-11,16H2,(H2,29,32)(H,30,31). The second kappa shape index (κ2) is 10.5. The third-order valence-corrected chi connectivity index (χ3v) is 8.10. The monoisotopic (exact) mass is 532 g/mol. The number of carbonyl (C=O) groups is 1. The average Bonchev–Trinajstić information content (AvgIpc) is 3.40. The normalized spacial score (nSPS) is 14.2. The Morgan fingerprint density at radius 1 is 1.18 bits per heavy atom. The van der Waals surface area contributed by atoms with E-state index in [9.17, 15) is 18.5 Å². The largest absolute Gasteiger partial charge is 0.492 e. The van der Waals surface area contributed by atoms with Crippen LogP contribution in [0.4, 0.5) is 0 Å². The fraction of sp³-hybridized carbons (Fsp3) is 0.222. The number of H-pyrrole nitrogens is 1. The molecule has 3 N–H and O–H groups in total. The van der Waals surface area contributed by atoms with E-state index in [1.54, 1.807) is 18.3 Å². The van der Waals surface area contributed by atoms with Gasteiger partial charge in [0.2, 0.25) is 9.84 Å². The topological polar surface area (TPSA) is 157 Å². The number of nitrogens with one attached hydrogen (secondary N) is 1. The Morgan fingerprint density at radius 2 is 2.00 bits per heavy atom. The van der Waals surface area contributed by atoms with E-state index in [0.717, 1.165) is 18.2 Å². The summed E-state index contributed by atoms with van der Waals surface area (Å²) in [6.45, 7) is 1.74. The molecule has 38 heavy (non-hydrogen) atoms. The summed E-state index contributed by atoms with van der Waals surface area (Å²) in [4.78, 5) is 19.0. The van der Waals surface area contributed by atoms with Crippen molar-refractivity contribution in [3.8, 4) is 23.3 Å². The summed E-state index contributed by atoms with van der Waals surface area (Å²) in [5.41, 5.74) is 6.14. The SMILES string of the molecule is N#Cc1cc(S(=O)(=O)c2cccc(C(N)=O)c2Oc2cnc3[nH]ccc3c2)ccc1OCC1CCOCC1. The fourth-order valence-electron chi connectivity index (χ4n) is 4.26. The lowest BCUT2D eigenvalue weighted by atomic mass is 10.0. The van der Waals surface area contributed by atoms with Crippen molar-refractivity contribution in [3.05, 3.63) is 72.1 Å². The molecule has 4 aromatic rings. The second-order valence-electron chi connectivity index (χ2n) is 8.83. The quantitative estimate of drug-likeness (QED) is 0.345. The van der Waals surface area contributed by atoms with E-state index in [2.05, 4.69) is 9.97 Å². The van der Waals surface area contributed by atoms with Gasteiger partial charge in [0.15, 0.2) is 5.75 Å². The molecule has 2 aromatic carbocycles. The lowest BCUT2D eigenvalue weighted by Gasteiger charge is -2.22. The van der Waals surface area contributed by atoms with Crippen molar-refractivity contribution in [2.75, 3.05) is 19.8 Å². The van der Waals surface area contributed by atoms with E-state index in [-0.39, 0.29) is 32.4 Å². The molecular formula is C27H24N4O6S. The molecule has 0 atom stereocenters. The highest BCUT2D eigenvalue weighted by Crippen LogP contribution is 2.37. The van der Waals surface area contributed by atoms with Crippen molar-refractivity contribution in [1.82, 2.24) is 9.97 Å². The third kappa shape index (κ3) is 5.04. The van der Waals surface area contributed by atoms with E-state index in [4.69, 9.17) is 19.9 Å². The number of rotatable bonds is 8. The number of hydrogen-bond donors (Lipinski definition) is 2. The first-order valence-electron chi connectivity index (χ1n) is 11.9. The number of sulfone groups is 1. The predicted octanol–water partition coefficient (Wildman–Crippen LogP) is 3.96. The average molecular weight is 533 g/mol. The van der Waals surface area contributed by atoms with Gasteiger partial charge < -0.3 is 24.9 Å². The molecule has 194 valence electrons. The fourth-order valence-corrected chi connectivity index (χ4v) is 5.68. The minimum Gasteiger partial charge on any atom is -0.492 e. The summed E-state index contributed by atoms with van der Waals surface area (Å²) < 4.78 is 44.6. The summed E-state index contributed by atoms with van der Waals surface area (Å²) >= 11 is 0. The third-order valence-electron chi connectivity index (χ3n) is 6.33. The first-order valence-corrected chi connectivity index (χ1v) is 13.4. The van der Waals surface area contributed by atoms with Gasteiger partial charge in [-0.05, 0) is 61.2 Å². The highest BCUT2D eigenvalue weighted by molar-refractivity contribution is 7.91. The molecule has 5 rings (SSSR count). The van der Waals surface area contributed by atoms with Crippen LogP contribution in [-0.4, -0.2) is 44.1 Å². The number of hydrogen-bond acceptors (Lipinski definition) is 8. The molecule has 10 nitrogen and oxygen atoms in total. The Morgan fingerprint density at radius 3 is 2.76 bits per heavy atom. The van der Waals surface area contributed by atoms with E-state index in [1.807, 2.05) is 6.07 Å². The van der Waals surface area contributed by atoms with Gasteiger partial charge >= 0.3 is 0 Å². The number of aromatic amines is 1. The maximum atomic E-state index is 13.8. The summed E-state index contributed by atoms with van der Waals surface area (Å²) in [5, 5.41) is 10.4. The highest BCUT2D eigenvalue weighted by atomic mass is 32.2. The van der Waals surface area contributed by atoms with E-state index in [1.165, 1.54) is 42.6 Å². The molecule has 0 bridgehead atoms. The summed E-state index contributed by atoms with van der Waals surface area (Å²) in [7, 11) is -4.24. The Hall–Kier alpha value is -4.40. The zero-order chi connectivity index (χ0) is 26.7. The molecule has 0 aliphatic carbocycles. The van der Waals surface area contributed by atoms with Crippen molar-refractivity contribution in [2.24, 2.45) is 11.7 Å². The number of fused-ring (bicyclic) bond motifs is 1. The minimum absolute atomic E-state index is 0.0776. The van der Waals surface area contributed by atoms with Crippen LogP contribution in [0.3, 0.4) is 0 Å². The maximum absolute atomic E-state index is 13.8. The van der Waals surface area contributed by atoms with Crippen LogP contribution in [0, 0.1) is 17.2 Å². The number of nitrogens with zero attached hydrogens (tertiary/aromatic N) is 2. The number of aromatic nitrogens is 2. The van der Waals surface area contributed by atoms with Gasteiger partial charge in [-0.25, -0.2) is 13.4 Å². The number of ether oxygens (including phenoxy) is 3. The molecule has 1 aliphatic rings. The summed E-state index contributed by atoms with van der Waals surface area (Å²) in [6, 6.07) is 13.6. The van der Waals surface area contributed by atoms with Crippen LogP contribution in [0.5, 0.6) is 17.2 Å². The van der Waals surface area contributed by atoms with Crippen LogP contribution >= 0.6 is 0 Å². The molecule has 1 amide bonds. The molecule has 1 aliphatic heterocycles. The molecule has 0 unspecified atom stereocenters. The maximum Gasteiger partial charge on any atom is 0.252 e. The number of nitrogens with two attached hydrogens (primary N) is 1. The second-order valence-corrected chi connectivity index (χ2v) is 10.7. The van der Waals surface area contributed by atoms with Crippen LogP contribution in [-0.2, 0) is 14.6 Å². The molecule has 1 fully saturated rings. The van der Waals surface area contributed by atoms with Crippen molar-refractivity contribution >= 4 is 26.8 Å². The number of nitriles is 1. The molecule has 0 saturated carbocycles. The van der Waals surface area contributed by atoms with Gasteiger partial charge in [-0.15, -0.1) is 0 Å². The zero-order valence-corrected chi connectivity index (χ0v) is 21.0. The summed E-state index contributed by atoms with van der Waals surface area (Å²) in [6.07, 6.45) is 4.84. The number of carbonyl (C=O) groups excluding carboxylic acids is 1. The Bertz CT molecular complexity index is 1650. The van der Waals surface area contributed by atoms with Crippen molar-refractivity contribution in [3.63, 3.8) is 0 Å². The van der Waals surface area contributed by atoms with Crippen LogP contribution in [0.1, 0.15) is 28.8 Å². The zero-order valence-electron chi connectivity index (χ0n) is 20.2. The van der Waals surface area contributed by atoms with Gasteiger partial charge in [0.1, 0.15) is 28.1 Å². The number of pyridine rings is 1. The van der Waals surface area contributed by atoms with Gasteiger partial charge in [0.25, 0.3) is 5.91 Å². The molecule has 3 heterocycles. The first-order chi connectivity index (χ1) is 18.4. The van der Waals surface area contributed by atoms with Crippen LogP contribution in [0.15, 0.2) is 70.7 Å². The highest BCUT2D eigenvalue weighted by Gasteiger charge is 2.28. The number of para-hydroxylation sites is 1. The smallest absolute Gasteiger partial charge is 0.252 e. The minimum atomic E-state index is -4.24. The van der Waals surface area contributed by atoms with Gasteiger partial charge in [-0.2, -0.15) is 5.26 Å². The number of amides is 1. The molecular weight excluding hydrogens is 508 g/mol. The molecule has 11 heteroatoms. The summed E-state index contributed by atoms with van der Waals surface area (Å²) in [5.74, 6) is -0.268. The van der Waals surface area contributed by atoms with Crippen molar-refractivity contribution in [2.45, 2.75) is 22.6 Å². The number of primary amides is 1. The van der Waals surface area contributed by atoms with Crippen LogP contribution in [0.25, 0.3) is 11.0 Å². The Balaban J connectivity index is 1.50. The van der Waals surface area contributed by atoms with E-state index >= 15 is 0 Å². The lowest BCUT2D eigenvalue weighted by Crippen LogP contribution is -2.21. The van der Waals surface area contributed by atoms with Crippen LogP contribution in [0.2, 0.25) is 0 Å². The molecule has 1 saturated heterocycles. The van der Waals surface area contributed by atoms with E-state index in [0.29, 0.717) is 37.1 Å². The molecule has 0 spiro atoms. The Kier molecular flexibility index (Phi) is 7.00. The number of benzene rings is 2. The van der Waals surface area contributed by atoms with Crippen molar-refractivity contribution < 1.29 is 27.4 Å². The van der Waals surface area contributed by atoms with Crippen molar-refractivity contribution in [1.29, 1.82) is 5.26 Å². The predicted molar refractivity (Wildman–Crippen MR) is 137 cm³/mol. The first kappa shape index (κ1) is 25.3. The Labute approximate surface area is 218 Å². The molecule has 0 radical (unpaired) electrons. The van der Waals surface area contributed by atoms with E-state index < -0.39 is 15.7 Å². The van der Waals surface area contributed by atoms with Crippen LogP contribution < -0.4 is 15.2 Å². The van der Waals surface area contributed by atoms with Gasteiger partial charge in [-0.3, -0.25) is 4.79 Å². The van der Waals surface area contributed by atoms with Gasteiger partial charge in [0.05, 0.1) is 28.8 Å². The molecule has 2 aromatic heterocycles.